The largest absolute Gasteiger partial charge is 0.444 e. The van der Waals surface area contributed by atoms with E-state index >= 15 is 0 Å². The van der Waals surface area contributed by atoms with Gasteiger partial charge in [-0.25, -0.2) is 0 Å². The van der Waals surface area contributed by atoms with Crippen LogP contribution >= 0.6 is 27.5 Å². The first kappa shape index (κ1) is 14.6. The molecule has 0 unspecified atom stereocenters. The molecule has 2 rings (SSSR count). The molecule has 2 N–H and O–H groups in total. The molecular formula is C13H10BrClN2O3. The number of carbonyl (C=O) groups excluding carboxylic acids is 2. The van der Waals surface area contributed by atoms with Crippen molar-refractivity contribution in [2.75, 3.05) is 11.9 Å². The number of benzene rings is 1. The zero-order valence-corrected chi connectivity index (χ0v) is 12.5. The van der Waals surface area contributed by atoms with Crippen LogP contribution in [-0.2, 0) is 4.79 Å². The van der Waals surface area contributed by atoms with E-state index in [0.29, 0.717) is 15.4 Å². The lowest BCUT2D eigenvalue weighted by molar-refractivity contribution is -0.115. The summed E-state index contributed by atoms with van der Waals surface area (Å²) in [6, 6.07) is 9.85. The van der Waals surface area contributed by atoms with Crippen molar-refractivity contribution in [2.24, 2.45) is 0 Å². The van der Waals surface area contributed by atoms with E-state index in [1.54, 1.807) is 30.3 Å². The smallest absolute Gasteiger partial charge is 0.287 e. The summed E-state index contributed by atoms with van der Waals surface area (Å²) in [5, 5.41) is 5.59. The molecular weight excluding hydrogens is 348 g/mol. The SMILES string of the molecule is O=C(CNC(=O)c1ccc(Br)o1)Nc1cccc(Cl)c1. The number of amides is 2. The third-order valence-electron chi connectivity index (χ3n) is 2.31. The molecule has 0 fully saturated rings. The minimum absolute atomic E-state index is 0.132. The van der Waals surface area contributed by atoms with Gasteiger partial charge in [-0.15, -0.1) is 0 Å². The van der Waals surface area contributed by atoms with Gasteiger partial charge >= 0.3 is 0 Å². The van der Waals surface area contributed by atoms with E-state index in [-0.39, 0.29) is 18.2 Å². The van der Waals surface area contributed by atoms with Crippen LogP contribution in [0.25, 0.3) is 0 Å². The van der Waals surface area contributed by atoms with Crippen molar-refractivity contribution >= 4 is 45.0 Å². The Labute approximate surface area is 128 Å². The molecule has 0 saturated heterocycles. The fourth-order valence-electron chi connectivity index (χ4n) is 1.46. The molecule has 2 amide bonds. The summed E-state index contributed by atoms with van der Waals surface area (Å²) < 4.78 is 5.52. The lowest BCUT2D eigenvalue weighted by atomic mass is 10.3. The van der Waals surface area contributed by atoms with Gasteiger partial charge in [0.25, 0.3) is 5.91 Å². The number of nitrogens with one attached hydrogen (secondary N) is 2. The first-order valence-corrected chi connectivity index (χ1v) is 6.80. The number of rotatable bonds is 4. The van der Waals surface area contributed by atoms with E-state index in [0.717, 1.165) is 0 Å². The first-order chi connectivity index (χ1) is 9.54. The summed E-state index contributed by atoms with van der Waals surface area (Å²) in [5.41, 5.74) is 0.567. The lowest BCUT2D eigenvalue weighted by Gasteiger charge is -2.06. The highest BCUT2D eigenvalue weighted by Gasteiger charge is 2.11. The molecule has 0 spiro atoms. The first-order valence-electron chi connectivity index (χ1n) is 5.63. The van der Waals surface area contributed by atoms with E-state index in [9.17, 15) is 9.59 Å². The van der Waals surface area contributed by atoms with Gasteiger partial charge < -0.3 is 15.1 Å². The van der Waals surface area contributed by atoms with Gasteiger partial charge in [0.2, 0.25) is 5.91 Å². The summed E-state index contributed by atoms with van der Waals surface area (Å²) in [4.78, 5) is 23.3. The number of hydrogen-bond acceptors (Lipinski definition) is 3. The molecule has 7 heteroatoms. The van der Waals surface area contributed by atoms with Crippen LogP contribution in [0.1, 0.15) is 10.6 Å². The van der Waals surface area contributed by atoms with Crippen molar-refractivity contribution < 1.29 is 14.0 Å². The molecule has 0 atom stereocenters. The van der Waals surface area contributed by atoms with Crippen molar-refractivity contribution in [3.05, 3.63) is 51.9 Å². The zero-order chi connectivity index (χ0) is 14.5. The Morgan fingerprint density at radius 3 is 2.70 bits per heavy atom. The summed E-state index contributed by atoms with van der Waals surface area (Å²) in [6.45, 7) is -0.163. The van der Waals surface area contributed by atoms with Gasteiger partial charge in [-0.2, -0.15) is 0 Å². The van der Waals surface area contributed by atoms with E-state index in [2.05, 4.69) is 26.6 Å². The highest BCUT2D eigenvalue weighted by molar-refractivity contribution is 9.10. The number of carbonyl (C=O) groups is 2. The normalized spacial score (nSPS) is 10.1. The topological polar surface area (TPSA) is 71.3 Å². The average molecular weight is 358 g/mol. The van der Waals surface area contributed by atoms with Gasteiger partial charge in [0.15, 0.2) is 10.4 Å². The van der Waals surface area contributed by atoms with Crippen LogP contribution in [0.4, 0.5) is 5.69 Å². The second-order valence-corrected chi connectivity index (χ2v) is 5.06. The standard InChI is InChI=1S/C13H10BrClN2O3/c14-11-5-4-10(20-11)13(19)16-7-12(18)17-9-3-1-2-8(15)6-9/h1-6H,7H2,(H,16,19)(H,17,18). The fraction of sp³-hybridized carbons (Fsp3) is 0.0769. The highest BCUT2D eigenvalue weighted by Crippen LogP contribution is 2.15. The number of hydrogen-bond donors (Lipinski definition) is 2. The Hall–Kier alpha value is -1.79. The van der Waals surface area contributed by atoms with Gasteiger partial charge in [-0.1, -0.05) is 17.7 Å². The van der Waals surface area contributed by atoms with Crippen LogP contribution in [0.15, 0.2) is 45.5 Å². The molecule has 0 bridgehead atoms. The van der Waals surface area contributed by atoms with Crippen LogP contribution in [0.2, 0.25) is 5.02 Å². The van der Waals surface area contributed by atoms with Gasteiger partial charge in [0.05, 0.1) is 6.54 Å². The van der Waals surface area contributed by atoms with E-state index in [1.807, 2.05) is 0 Å². The number of anilines is 1. The van der Waals surface area contributed by atoms with Crippen LogP contribution in [0, 0.1) is 0 Å². The molecule has 5 nitrogen and oxygen atoms in total. The predicted octanol–water partition coefficient (Wildman–Crippen LogP) is 3.06. The quantitative estimate of drug-likeness (QED) is 0.883. The average Bonchev–Trinajstić information content (AvgIpc) is 2.83. The maximum Gasteiger partial charge on any atom is 0.287 e. The Morgan fingerprint density at radius 1 is 1.25 bits per heavy atom. The molecule has 1 aromatic carbocycles. The molecule has 0 radical (unpaired) electrons. The molecule has 0 aliphatic rings. The Morgan fingerprint density at radius 2 is 2.05 bits per heavy atom. The van der Waals surface area contributed by atoms with Crippen LogP contribution in [-0.4, -0.2) is 18.4 Å². The third-order valence-corrected chi connectivity index (χ3v) is 2.98. The van der Waals surface area contributed by atoms with Crippen molar-refractivity contribution in [3.63, 3.8) is 0 Å². The second kappa shape index (κ2) is 6.58. The van der Waals surface area contributed by atoms with Gasteiger partial charge in [0.1, 0.15) is 0 Å². The molecule has 1 heterocycles. The van der Waals surface area contributed by atoms with Crippen molar-refractivity contribution in [1.29, 1.82) is 0 Å². The van der Waals surface area contributed by atoms with E-state index < -0.39 is 5.91 Å². The summed E-state index contributed by atoms with van der Waals surface area (Å²) >= 11 is 8.89. The summed E-state index contributed by atoms with van der Waals surface area (Å²) in [7, 11) is 0. The van der Waals surface area contributed by atoms with Crippen LogP contribution < -0.4 is 10.6 Å². The monoisotopic (exact) mass is 356 g/mol. The maximum absolute atomic E-state index is 11.7. The predicted molar refractivity (Wildman–Crippen MR) is 78.8 cm³/mol. The van der Waals surface area contributed by atoms with Crippen LogP contribution in [0.3, 0.4) is 0 Å². The zero-order valence-electron chi connectivity index (χ0n) is 10.2. The molecule has 1 aromatic heterocycles. The van der Waals surface area contributed by atoms with E-state index in [4.69, 9.17) is 16.0 Å². The molecule has 104 valence electrons. The van der Waals surface area contributed by atoms with Crippen molar-refractivity contribution in [3.8, 4) is 0 Å². The van der Waals surface area contributed by atoms with Crippen LogP contribution in [0.5, 0.6) is 0 Å². The Balaban J connectivity index is 1.85. The highest BCUT2D eigenvalue weighted by atomic mass is 79.9. The minimum Gasteiger partial charge on any atom is -0.444 e. The van der Waals surface area contributed by atoms with Gasteiger partial charge in [0, 0.05) is 10.7 Å². The lowest BCUT2D eigenvalue weighted by Crippen LogP contribution is -2.32. The molecule has 0 aliphatic heterocycles. The fourth-order valence-corrected chi connectivity index (χ4v) is 1.95. The summed E-state index contributed by atoms with van der Waals surface area (Å²) in [6.07, 6.45) is 0. The molecule has 0 saturated carbocycles. The van der Waals surface area contributed by atoms with Crippen molar-refractivity contribution in [2.45, 2.75) is 0 Å². The van der Waals surface area contributed by atoms with Crippen molar-refractivity contribution in [1.82, 2.24) is 5.32 Å². The van der Waals surface area contributed by atoms with E-state index in [1.165, 1.54) is 6.07 Å². The molecule has 20 heavy (non-hydrogen) atoms. The number of halogens is 2. The molecule has 0 aliphatic carbocycles. The molecule has 2 aromatic rings. The minimum atomic E-state index is -0.461. The van der Waals surface area contributed by atoms with Gasteiger partial charge in [-0.3, -0.25) is 9.59 Å². The summed E-state index contributed by atoms with van der Waals surface area (Å²) in [5.74, 6) is -0.685. The Kier molecular flexibility index (Phi) is 4.81. The number of furan rings is 1. The second-order valence-electron chi connectivity index (χ2n) is 3.84. The van der Waals surface area contributed by atoms with Gasteiger partial charge in [-0.05, 0) is 46.3 Å². The maximum atomic E-state index is 11.7. The Bertz CT molecular complexity index is 642. The third kappa shape index (κ3) is 4.11.